The van der Waals surface area contributed by atoms with Gasteiger partial charge in [-0.05, 0) is 52.3 Å². The van der Waals surface area contributed by atoms with Gasteiger partial charge in [-0.1, -0.05) is 11.6 Å². The van der Waals surface area contributed by atoms with Crippen molar-refractivity contribution < 1.29 is 13.9 Å². The Kier molecular flexibility index (Phi) is 4.81. The number of carbonyl (C=O) groups is 1. The first-order valence-electron chi connectivity index (χ1n) is 9.69. The zero-order chi connectivity index (χ0) is 20.9. The van der Waals surface area contributed by atoms with Gasteiger partial charge in [0.05, 0.1) is 6.04 Å². The lowest BCUT2D eigenvalue weighted by Gasteiger charge is -2.28. The average molecular weight is 417 g/mol. The number of hydrogen-bond acceptors (Lipinski definition) is 6. The van der Waals surface area contributed by atoms with Crippen molar-refractivity contribution in [1.82, 2.24) is 14.9 Å². The maximum absolute atomic E-state index is 12.4. The highest BCUT2D eigenvalue weighted by atomic mass is 35.5. The molecule has 1 atom stereocenters. The minimum absolute atomic E-state index is 0.0361. The molecular weight excluding hydrogens is 392 g/mol. The zero-order valence-corrected chi connectivity index (χ0v) is 18.1. The van der Waals surface area contributed by atoms with Gasteiger partial charge in [0.25, 0.3) is 0 Å². The molecule has 1 fully saturated rings. The first kappa shape index (κ1) is 19.8. The van der Waals surface area contributed by atoms with E-state index in [1.54, 1.807) is 18.0 Å². The fourth-order valence-corrected chi connectivity index (χ4v) is 3.83. The number of furan rings is 1. The van der Waals surface area contributed by atoms with Crippen LogP contribution in [0, 0.1) is 6.92 Å². The van der Waals surface area contributed by atoms with E-state index in [9.17, 15) is 4.79 Å². The van der Waals surface area contributed by atoms with Crippen LogP contribution in [0.2, 0.25) is 5.02 Å². The molecule has 1 amide bonds. The maximum Gasteiger partial charge on any atom is 0.410 e. The third-order valence-corrected chi connectivity index (χ3v) is 5.30. The summed E-state index contributed by atoms with van der Waals surface area (Å²) in [5.74, 6) is 1.42. The van der Waals surface area contributed by atoms with Crippen LogP contribution in [0.4, 0.5) is 10.6 Å². The van der Waals surface area contributed by atoms with E-state index in [2.05, 4.69) is 14.9 Å². The minimum atomic E-state index is -0.519. The number of anilines is 1. The SMILES string of the molecule is Cc1nc(N2CCC(N(C)C(=O)OC(C)(C)C)C2)c2oc3ccc(Cl)cc3c2n1. The Morgan fingerprint density at radius 3 is 2.83 bits per heavy atom. The van der Waals surface area contributed by atoms with Crippen LogP contribution in [-0.4, -0.2) is 52.7 Å². The molecule has 3 heterocycles. The van der Waals surface area contributed by atoms with Gasteiger partial charge >= 0.3 is 6.09 Å². The summed E-state index contributed by atoms with van der Waals surface area (Å²) < 4.78 is 11.6. The molecule has 7 nitrogen and oxygen atoms in total. The van der Waals surface area contributed by atoms with Gasteiger partial charge in [-0.25, -0.2) is 14.8 Å². The Morgan fingerprint density at radius 1 is 1.34 bits per heavy atom. The number of halogens is 1. The Bertz CT molecular complexity index is 1090. The van der Waals surface area contributed by atoms with Crippen LogP contribution in [0.15, 0.2) is 22.6 Å². The van der Waals surface area contributed by atoms with Gasteiger partial charge in [-0.3, -0.25) is 0 Å². The molecule has 29 heavy (non-hydrogen) atoms. The Hall–Kier alpha value is -2.54. The van der Waals surface area contributed by atoms with Crippen LogP contribution in [0.25, 0.3) is 22.1 Å². The van der Waals surface area contributed by atoms with Gasteiger partial charge in [-0.15, -0.1) is 0 Å². The van der Waals surface area contributed by atoms with Crippen molar-refractivity contribution >= 4 is 45.6 Å². The highest BCUT2D eigenvalue weighted by Gasteiger charge is 2.33. The van der Waals surface area contributed by atoms with Crippen LogP contribution in [0.3, 0.4) is 0 Å². The predicted octanol–water partition coefficient (Wildman–Crippen LogP) is 4.78. The molecule has 0 radical (unpaired) electrons. The van der Waals surface area contributed by atoms with E-state index >= 15 is 0 Å². The number of benzene rings is 1. The van der Waals surface area contributed by atoms with Gasteiger partial charge in [0.1, 0.15) is 22.5 Å². The summed E-state index contributed by atoms with van der Waals surface area (Å²) >= 11 is 6.17. The topological polar surface area (TPSA) is 71.7 Å². The smallest absolute Gasteiger partial charge is 0.410 e. The molecule has 1 aliphatic heterocycles. The highest BCUT2D eigenvalue weighted by molar-refractivity contribution is 6.31. The largest absolute Gasteiger partial charge is 0.450 e. The number of amides is 1. The van der Waals surface area contributed by atoms with Crippen LogP contribution in [0.5, 0.6) is 0 Å². The summed E-state index contributed by atoms with van der Waals surface area (Å²) in [6.07, 6.45) is 0.513. The lowest BCUT2D eigenvalue weighted by atomic mass is 10.2. The molecule has 1 aliphatic rings. The fourth-order valence-electron chi connectivity index (χ4n) is 3.66. The van der Waals surface area contributed by atoms with Crippen molar-refractivity contribution in [3.05, 3.63) is 29.0 Å². The maximum atomic E-state index is 12.4. The van der Waals surface area contributed by atoms with Crippen molar-refractivity contribution in [2.45, 2.75) is 45.8 Å². The van der Waals surface area contributed by atoms with Crippen LogP contribution in [-0.2, 0) is 4.74 Å². The number of ether oxygens (including phenoxy) is 1. The molecule has 0 aliphatic carbocycles. The van der Waals surface area contributed by atoms with Gasteiger partial charge < -0.3 is 19.0 Å². The lowest BCUT2D eigenvalue weighted by molar-refractivity contribution is 0.0238. The molecule has 0 bridgehead atoms. The fraction of sp³-hybridized carbons (Fsp3) is 0.476. The van der Waals surface area contributed by atoms with E-state index in [1.807, 2.05) is 39.8 Å². The van der Waals surface area contributed by atoms with Gasteiger partial charge in [0.15, 0.2) is 11.4 Å². The number of likely N-dealkylation sites (N-methyl/N-ethyl adjacent to an activating group) is 1. The molecular formula is C21H25ClN4O3. The minimum Gasteiger partial charge on any atom is -0.450 e. The van der Waals surface area contributed by atoms with Gasteiger partial charge in [-0.2, -0.15) is 0 Å². The Morgan fingerprint density at radius 2 is 2.10 bits per heavy atom. The van der Waals surface area contributed by atoms with E-state index < -0.39 is 5.60 Å². The molecule has 4 rings (SSSR count). The van der Waals surface area contributed by atoms with E-state index in [4.69, 9.17) is 20.8 Å². The number of aryl methyl sites for hydroxylation is 1. The normalized spacial score (nSPS) is 17.3. The van der Waals surface area contributed by atoms with E-state index in [0.29, 0.717) is 23.0 Å². The lowest BCUT2D eigenvalue weighted by Crippen LogP contribution is -2.42. The quantitative estimate of drug-likeness (QED) is 0.598. The summed E-state index contributed by atoms with van der Waals surface area (Å²) in [5.41, 5.74) is 1.62. The van der Waals surface area contributed by atoms with E-state index in [-0.39, 0.29) is 12.1 Å². The molecule has 2 aromatic heterocycles. The summed E-state index contributed by atoms with van der Waals surface area (Å²) in [5, 5.41) is 1.51. The summed E-state index contributed by atoms with van der Waals surface area (Å²) in [6, 6.07) is 5.55. The molecule has 1 aromatic carbocycles. The standard InChI is InChI=1S/C21H25ClN4O3/c1-12-23-17-15-10-13(22)6-7-16(15)28-18(17)19(24-12)26-9-8-14(11-26)25(5)20(27)29-21(2,3)4/h6-7,10,14H,8-9,11H2,1-5H3. The third kappa shape index (κ3) is 3.83. The van der Waals surface area contributed by atoms with Crippen molar-refractivity contribution in [3.8, 4) is 0 Å². The molecule has 3 aromatic rings. The number of carbonyl (C=O) groups excluding carboxylic acids is 1. The van der Waals surface area contributed by atoms with Crippen molar-refractivity contribution in [2.75, 3.05) is 25.0 Å². The number of fused-ring (bicyclic) bond motifs is 3. The van der Waals surface area contributed by atoms with Crippen LogP contribution in [0.1, 0.15) is 33.0 Å². The molecule has 0 saturated carbocycles. The first-order valence-corrected chi connectivity index (χ1v) is 10.1. The first-order chi connectivity index (χ1) is 13.6. The molecule has 154 valence electrons. The summed E-state index contributed by atoms with van der Waals surface area (Å²) in [4.78, 5) is 25.5. The van der Waals surface area contributed by atoms with Crippen molar-refractivity contribution in [3.63, 3.8) is 0 Å². The Labute approximate surface area is 174 Å². The monoisotopic (exact) mass is 416 g/mol. The Balaban J connectivity index is 1.64. The van der Waals surface area contributed by atoms with Gasteiger partial charge in [0, 0.05) is 30.5 Å². The predicted molar refractivity (Wildman–Crippen MR) is 114 cm³/mol. The third-order valence-electron chi connectivity index (χ3n) is 5.06. The molecule has 8 heteroatoms. The zero-order valence-electron chi connectivity index (χ0n) is 17.3. The highest BCUT2D eigenvalue weighted by Crippen LogP contribution is 2.35. The molecule has 0 spiro atoms. The second-order valence-corrected chi connectivity index (χ2v) is 8.93. The summed E-state index contributed by atoms with van der Waals surface area (Å²) in [6.45, 7) is 8.89. The van der Waals surface area contributed by atoms with Crippen LogP contribution < -0.4 is 4.90 Å². The molecule has 1 unspecified atom stereocenters. The van der Waals surface area contributed by atoms with Crippen molar-refractivity contribution in [1.29, 1.82) is 0 Å². The number of hydrogen-bond donors (Lipinski definition) is 0. The number of aromatic nitrogens is 2. The number of rotatable bonds is 2. The molecule has 1 saturated heterocycles. The molecule has 0 N–H and O–H groups in total. The van der Waals surface area contributed by atoms with E-state index in [1.165, 1.54) is 0 Å². The van der Waals surface area contributed by atoms with Crippen molar-refractivity contribution in [2.24, 2.45) is 0 Å². The second-order valence-electron chi connectivity index (χ2n) is 8.49. The second kappa shape index (κ2) is 7.06. The van der Waals surface area contributed by atoms with Crippen LogP contribution >= 0.6 is 11.6 Å². The van der Waals surface area contributed by atoms with Gasteiger partial charge in [0.2, 0.25) is 0 Å². The average Bonchev–Trinajstić information content (AvgIpc) is 3.24. The summed E-state index contributed by atoms with van der Waals surface area (Å²) in [7, 11) is 1.78. The van der Waals surface area contributed by atoms with E-state index in [0.717, 1.165) is 35.3 Å². The number of nitrogens with zero attached hydrogens (tertiary/aromatic N) is 4.